The van der Waals surface area contributed by atoms with E-state index >= 15 is 0 Å². The molecule has 0 rings (SSSR count). The third kappa shape index (κ3) is 53.2. The maximum Gasteiger partial charge on any atom is 0.306 e. The molecule has 0 saturated heterocycles. The van der Waals surface area contributed by atoms with Crippen molar-refractivity contribution in [3.63, 3.8) is 0 Å². The van der Waals surface area contributed by atoms with E-state index in [9.17, 15) is 9.59 Å². The molecule has 0 saturated carbocycles. The molecule has 0 amide bonds. The van der Waals surface area contributed by atoms with Gasteiger partial charge in [-0.2, -0.15) is 0 Å². The van der Waals surface area contributed by atoms with Crippen LogP contribution in [0.3, 0.4) is 0 Å². The van der Waals surface area contributed by atoms with Gasteiger partial charge in [-0.15, -0.1) is 0 Å². The summed E-state index contributed by atoms with van der Waals surface area (Å²) in [5.41, 5.74) is 0. The Morgan fingerprint density at radius 2 is 0.712 bits per heavy atom. The minimum absolute atomic E-state index is 0.0380. The first-order valence-corrected chi connectivity index (χ1v) is 27.4. The molecule has 0 bridgehead atoms. The Morgan fingerprint density at radius 1 is 0.348 bits per heavy atom. The Kier molecular flexibility index (Phi) is 53.0. The summed E-state index contributed by atoms with van der Waals surface area (Å²) in [6.07, 6.45) is 77.0. The summed E-state index contributed by atoms with van der Waals surface area (Å²) in [6.45, 7) is 7.49. The van der Waals surface area contributed by atoms with Crippen LogP contribution >= 0.6 is 0 Å². The Labute approximate surface area is 408 Å². The molecular weight excluding hydrogens is 813 g/mol. The van der Waals surface area contributed by atoms with E-state index in [0.717, 1.165) is 96.3 Å². The molecule has 66 heavy (non-hydrogen) atoms. The van der Waals surface area contributed by atoms with Crippen LogP contribution in [-0.2, 0) is 23.8 Å². The minimum Gasteiger partial charge on any atom is -0.462 e. The van der Waals surface area contributed by atoms with E-state index in [1.807, 2.05) is 6.08 Å². The quantitative estimate of drug-likeness (QED) is 0.0346. The molecule has 0 aliphatic rings. The summed E-state index contributed by atoms with van der Waals surface area (Å²) in [7, 11) is 0. The number of hydrogen-bond donors (Lipinski definition) is 0. The molecule has 0 aliphatic carbocycles. The highest BCUT2D eigenvalue weighted by atomic mass is 16.6. The van der Waals surface area contributed by atoms with Gasteiger partial charge in [-0.1, -0.05) is 226 Å². The number of ether oxygens (including phenoxy) is 3. The topological polar surface area (TPSA) is 61.8 Å². The van der Waals surface area contributed by atoms with E-state index in [-0.39, 0.29) is 31.6 Å². The van der Waals surface area contributed by atoms with Crippen LogP contribution in [0, 0.1) is 0 Å². The van der Waals surface area contributed by atoms with Crippen molar-refractivity contribution < 1.29 is 23.8 Å². The molecule has 0 aromatic rings. The fourth-order valence-corrected chi connectivity index (χ4v) is 7.27. The van der Waals surface area contributed by atoms with Gasteiger partial charge in [0.25, 0.3) is 0 Å². The van der Waals surface area contributed by atoms with E-state index in [1.54, 1.807) is 0 Å². The fourth-order valence-electron chi connectivity index (χ4n) is 7.27. The van der Waals surface area contributed by atoms with E-state index in [0.29, 0.717) is 19.4 Å². The van der Waals surface area contributed by atoms with Gasteiger partial charge in [-0.05, 0) is 109 Å². The van der Waals surface area contributed by atoms with Crippen molar-refractivity contribution >= 4 is 11.9 Å². The standard InChI is InChI=1S/C61H102O5/c1-4-7-10-13-16-19-22-25-27-29-30-31-33-35-38-41-44-47-50-53-56-64-57-59(66-61(63)55-52-49-46-43-40-36-24-21-18-15-12-9-6-3)58-65-60(62)54-51-48-45-42-39-37-34-32-28-26-23-20-17-14-11-8-5-2/h8-9,11-12,17-18,20-21,25-28,34,36-37,40,46,49,59H,4-7,10,13-16,19,22-24,29-33,35,38-39,41-45,47-48,50-58H2,1-3H3/b11-8-,12-9-,20-17-,21-18-,27-25-,28-26-,37-34-,40-36-,49-46-. The zero-order chi connectivity index (χ0) is 47.7. The fraction of sp³-hybridized carbons (Fsp3) is 0.672. The van der Waals surface area contributed by atoms with Crippen LogP contribution in [0.4, 0.5) is 0 Å². The van der Waals surface area contributed by atoms with Crippen LogP contribution in [0.15, 0.2) is 109 Å². The van der Waals surface area contributed by atoms with Crippen molar-refractivity contribution in [2.45, 2.75) is 245 Å². The second-order valence-corrected chi connectivity index (χ2v) is 17.7. The zero-order valence-corrected chi connectivity index (χ0v) is 43.2. The molecule has 5 heteroatoms. The lowest BCUT2D eigenvalue weighted by molar-refractivity contribution is -0.162. The van der Waals surface area contributed by atoms with Crippen molar-refractivity contribution in [2.75, 3.05) is 19.8 Å². The van der Waals surface area contributed by atoms with Crippen LogP contribution in [-0.4, -0.2) is 37.9 Å². The summed E-state index contributed by atoms with van der Waals surface area (Å²) in [5.74, 6) is -0.521. The Hall–Kier alpha value is -3.44. The Bertz CT molecular complexity index is 1310. The summed E-state index contributed by atoms with van der Waals surface area (Å²) in [4.78, 5) is 25.4. The van der Waals surface area contributed by atoms with Crippen molar-refractivity contribution in [1.29, 1.82) is 0 Å². The van der Waals surface area contributed by atoms with E-state index in [4.69, 9.17) is 14.2 Å². The molecule has 1 unspecified atom stereocenters. The maximum absolute atomic E-state index is 12.8. The van der Waals surface area contributed by atoms with E-state index in [1.165, 1.54) is 103 Å². The predicted molar refractivity (Wildman–Crippen MR) is 288 cm³/mol. The summed E-state index contributed by atoms with van der Waals surface area (Å²) in [6, 6.07) is 0. The largest absolute Gasteiger partial charge is 0.462 e. The third-order valence-corrected chi connectivity index (χ3v) is 11.3. The average molecular weight is 915 g/mol. The lowest BCUT2D eigenvalue weighted by atomic mass is 10.1. The summed E-state index contributed by atoms with van der Waals surface area (Å²) < 4.78 is 17.3. The monoisotopic (exact) mass is 915 g/mol. The molecule has 0 heterocycles. The van der Waals surface area contributed by atoms with Crippen molar-refractivity contribution in [3.8, 4) is 0 Å². The highest BCUT2D eigenvalue weighted by Crippen LogP contribution is 2.14. The van der Waals surface area contributed by atoms with Crippen LogP contribution in [0.25, 0.3) is 0 Å². The number of allylic oxidation sites excluding steroid dienone is 18. The van der Waals surface area contributed by atoms with Gasteiger partial charge in [0.15, 0.2) is 6.10 Å². The van der Waals surface area contributed by atoms with Gasteiger partial charge in [-0.3, -0.25) is 9.59 Å². The molecule has 0 aromatic carbocycles. The second-order valence-electron chi connectivity index (χ2n) is 17.7. The van der Waals surface area contributed by atoms with Gasteiger partial charge in [-0.25, -0.2) is 0 Å². The number of rotatable bonds is 49. The number of hydrogen-bond acceptors (Lipinski definition) is 5. The van der Waals surface area contributed by atoms with E-state index in [2.05, 4.69) is 124 Å². The first-order chi connectivity index (χ1) is 32.6. The lowest BCUT2D eigenvalue weighted by Crippen LogP contribution is -2.30. The molecule has 0 spiro atoms. The minimum atomic E-state index is -0.592. The maximum atomic E-state index is 12.8. The predicted octanol–water partition coefficient (Wildman–Crippen LogP) is 18.8. The summed E-state index contributed by atoms with van der Waals surface area (Å²) >= 11 is 0. The SMILES string of the molecule is CC/C=C\C/C=C\C/C=C\C/C=C\CCCCCCC(=O)OCC(COCCCCCCCCCCCC/C=C\CCCCCCCC)OC(=O)CC/C=C\C/C=C\C/C=C\C/C=C\CC. The van der Waals surface area contributed by atoms with Crippen LogP contribution in [0.5, 0.6) is 0 Å². The van der Waals surface area contributed by atoms with Crippen molar-refractivity contribution in [2.24, 2.45) is 0 Å². The van der Waals surface area contributed by atoms with Gasteiger partial charge in [0.1, 0.15) is 6.61 Å². The van der Waals surface area contributed by atoms with Gasteiger partial charge >= 0.3 is 11.9 Å². The van der Waals surface area contributed by atoms with Crippen LogP contribution in [0.2, 0.25) is 0 Å². The van der Waals surface area contributed by atoms with Gasteiger partial charge in [0, 0.05) is 19.4 Å². The lowest BCUT2D eigenvalue weighted by Gasteiger charge is -2.18. The molecule has 376 valence electrons. The second kappa shape index (κ2) is 55.9. The molecule has 0 fully saturated rings. The number of esters is 2. The first kappa shape index (κ1) is 62.6. The van der Waals surface area contributed by atoms with Gasteiger partial charge < -0.3 is 14.2 Å². The Morgan fingerprint density at radius 3 is 1.17 bits per heavy atom. The number of unbranched alkanes of at least 4 members (excludes halogenated alkanes) is 20. The van der Waals surface area contributed by atoms with Gasteiger partial charge in [0.05, 0.1) is 6.61 Å². The smallest absolute Gasteiger partial charge is 0.306 e. The number of carbonyl (C=O) groups excluding carboxylic acids is 2. The normalized spacial score (nSPS) is 13.1. The van der Waals surface area contributed by atoms with Crippen molar-refractivity contribution in [1.82, 2.24) is 0 Å². The highest BCUT2D eigenvalue weighted by Gasteiger charge is 2.17. The van der Waals surface area contributed by atoms with Gasteiger partial charge in [0.2, 0.25) is 0 Å². The zero-order valence-electron chi connectivity index (χ0n) is 43.2. The molecule has 0 N–H and O–H groups in total. The molecule has 0 aliphatic heterocycles. The Balaban J connectivity index is 4.36. The number of carbonyl (C=O) groups is 2. The molecule has 1 atom stereocenters. The van der Waals surface area contributed by atoms with E-state index < -0.39 is 6.10 Å². The first-order valence-electron chi connectivity index (χ1n) is 27.4. The average Bonchev–Trinajstić information content (AvgIpc) is 3.32. The molecule has 5 nitrogen and oxygen atoms in total. The van der Waals surface area contributed by atoms with Crippen molar-refractivity contribution in [3.05, 3.63) is 109 Å². The molecule has 0 aromatic heterocycles. The third-order valence-electron chi connectivity index (χ3n) is 11.3. The van der Waals surface area contributed by atoms with Crippen LogP contribution in [0.1, 0.15) is 239 Å². The summed E-state index contributed by atoms with van der Waals surface area (Å²) in [5, 5.41) is 0. The highest BCUT2D eigenvalue weighted by molar-refractivity contribution is 5.70. The van der Waals surface area contributed by atoms with Crippen LogP contribution < -0.4 is 0 Å². The molecular formula is C61H102O5. The molecule has 0 radical (unpaired) electrons.